The van der Waals surface area contributed by atoms with Crippen molar-refractivity contribution in [2.75, 3.05) is 17.3 Å². The molecule has 2 atom stereocenters. The summed E-state index contributed by atoms with van der Waals surface area (Å²) in [6.45, 7) is 1.46. The van der Waals surface area contributed by atoms with Crippen LogP contribution in [0.4, 0.5) is 11.4 Å². The van der Waals surface area contributed by atoms with Crippen LogP contribution in [-0.2, 0) is 4.79 Å². The van der Waals surface area contributed by atoms with Crippen molar-refractivity contribution in [1.29, 1.82) is 0 Å². The molecule has 1 aliphatic heterocycles. The molecule has 4 aromatic rings. The lowest BCUT2D eigenvalue weighted by atomic mass is 10.0. The first-order chi connectivity index (χ1) is 17.5. The van der Waals surface area contributed by atoms with Crippen molar-refractivity contribution in [3.63, 3.8) is 0 Å². The summed E-state index contributed by atoms with van der Waals surface area (Å²) in [7, 11) is 1.57. The van der Waals surface area contributed by atoms with Crippen LogP contribution in [0.1, 0.15) is 30.5 Å². The Morgan fingerprint density at radius 3 is 2.64 bits per heavy atom. The Morgan fingerprint density at radius 2 is 1.92 bits per heavy atom. The molecule has 1 fully saturated rings. The fraction of sp³-hybridized carbons (Fsp3) is 0.148. The number of anilines is 2. The van der Waals surface area contributed by atoms with Gasteiger partial charge >= 0.3 is 0 Å². The highest BCUT2D eigenvalue weighted by molar-refractivity contribution is 7.99. The second kappa shape index (κ2) is 10.4. The number of aromatic nitrogens is 1. The van der Waals surface area contributed by atoms with Gasteiger partial charge in [-0.2, -0.15) is 0 Å². The van der Waals surface area contributed by atoms with E-state index < -0.39 is 0 Å². The number of ether oxygens (including phenoxy) is 1. The van der Waals surface area contributed by atoms with Gasteiger partial charge in [0.15, 0.2) is 10.2 Å². The zero-order valence-electron chi connectivity index (χ0n) is 19.7. The summed E-state index contributed by atoms with van der Waals surface area (Å²) in [6.07, 6.45) is 1.76. The van der Waals surface area contributed by atoms with E-state index in [1.165, 1.54) is 6.92 Å². The third-order valence-corrected chi connectivity index (χ3v) is 6.97. The predicted molar refractivity (Wildman–Crippen MR) is 145 cm³/mol. The number of furan rings is 1. The van der Waals surface area contributed by atoms with Crippen molar-refractivity contribution in [2.24, 2.45) is 0 Å². The molecule has 0 bridgehead atoms. The number of methoxy groups -OCH3 is 1. The Kier molecular flexibility index (Phi) is 6.92. The lowest BCUT2D eigenvalue weighted by molar-refractivity contribution is -0.114. The van der Waals surface area contributed by atoms with E-state index in [4.69, 9.17) is 21.4 Å². The highest BCUT2D eigenvalue weighted by Crippen LogP contribution is 2.44. The lowest BCUT2D eigenvalue weighted by Gasteiger charge is -2.27. The number of nitrogens with zero attached hydrogens (tertiary/aromatic N) is 2. The van der Waals surface area contributed by atoms with Gasteiger partial charge < -0.3 is 24.7 Å². The van der Waals surface area contributed by atoms with Crippen LogP contribution in [0, 0.1) is 0 Å². The number of rotatable bonds is 7. The molecule has 3 heterocycles. The Hall–Kier alpha value is -3.82. The van der Waals surface area contributed by atoms with Crippen molar-refractivity contribution < 1.29 is 13.9 Å². The van der Waals surface area contributed by atoms with Crippen LogP contribution in [0.2, 0.25) is 0 Å². The Bertz CT molecular complexity index is 1380. The second-order valence-corrected chi connectivity index (χ2v) is 9.60. The number of pyridine rings is 1. The summed E-state index contributed by atoms with van der Waals surface area (Å²) >= 11 is 7.36. The van der Waals surface area contributed by atoms with Crippen LogP contribution >= 0.6 is 24.0 Å². The third-order valence-electron chi connectivity index (χ3n) is 5.73. The van der Waals surface area contributed by atoms with Crippen molar-refractivity contribution in [3.8, 4) is 5.75 Å². The number of nitrogens with one attached hydrogen (secondary N) is 2. The molecule has 2 unspecified atom stereocenters. The van der Waals surface area contributed by atoms with Crippen LogP contribution in [-0.4, -0.2) is 23.1 Å². The summed E-state index contributed by atoms with van der Waals surface area (Å²) in [5.41, 5.74) is 2.19. The molecule has 182 valence electrons. The molecule has 7 nitrogen and oxygen atoms in total. The van der Waals surface area contributed by atoms with Crippen LogP contribution < -0.4 is 20.3 Å². The fourth-order valence-electron chi connectivity index (χ4n) is 4.21. The predicted octanol–water partition coefficient (Wildman–Crippen LogP) is 5.97. The molecule has 1 amide bonds. The first kappa shape index (κ1) is 23.9. The van der Waals surface area contributed by atoms with Gasteiger partial charge in [0.05, 0.1) is 24.5 Å². The number of hydrogen-bond acceptors (Lipinski definition) is 6. The molecular formula is C27H24N4O3S2. The van der Waals surface area contributed by atoms with E-state index in [1.807, 2.05) is 83.8 Å². The fourth-order valence-corrected chi connectivity index (χ4v) is 5.35. The molecule has 2 aromatic carbocycles. The minimum absolute atomic E-state index is 0.191. The smallest absolute Gasteiger partial charge is 0.221 e. The molecule has 5 rings (SSSR count). The zero-order chi connectivity index (χ0) is 25.1. The molecular weight excluding hydrogens is 492 g/mol. The lowest BCUT2D eigenvalue weighted by Crippen LogP contribution is -2.29. The zero-order valence-corrected chi connectivity index (χ0v) is 21.3. The van der Waals surface area contributed by atoms with Gasteiger partial charge in [0.1, 0.15) is 17.6 Å². The topological polar surface area (TPSA) is 79.6 Å². The van der Waals surface area contributed by atoms with Crippen molar-refractivity contribution in [3.05, 3.63) is 96.5 Å². The normalized spacial score (nSPS) is 17.1. The molecule has 1 saturated heterocycles. The average Bonchev–Trinajstić information content (AvgIpc) is 3.48. The largest absolute Gasteiger partial charge is 0.495 e. The minimum atomic E-state index is -0.309. The number of benzene rings is 2. The summed E-state index contributed by atoms with van der Waals surface area (Å²) < 4.78 is 11.8. The number of thiocarbonyl (C=S) groups is 1. The van der Waals surface area contributed by atoms with E-state index in [1.54, 1.807) is 25.1 Å². The monoisotopic (exact) mass is 516 g/mol. The number of amides is 1. The molecule has 1 aliphatic rings. The minimum Gasteiger partial charge on any atom is -0.495 e. The maximum Gasteiger partial charge on any atom is 0.221 e. The van der Waals surface area contributed by atoms with Crippen LogP contribution in [0.25, 0.3) is 0 Å². The van der Waals surface area contributed by atoms with Gasteiger partial charge in [-0.3, -0.25) is 9.78 Å². The second-order valence-electron chi connectivity index (χ2n) is 8.13. The van der Waals surface area contributed by atoms with Gasteiger partial charge in [-0.05, 0) is 66.8 Å². The van der Waals surface area contributed by atoms with Gasteiger partial charge in [-0.25, -0.2) is 0 Å². The van der Waals surface area contributed by atoms with Crippen LogP contribution in [0.5, 0.6) is 5.75 Å². The van der Waals surface area contributed by atoms with Gasteiger partial charge in [0, 0.05) is 23.7 Å². The van der Waals surface area contributed by atoms with Gasteiger partial charge in [-0.15, -0.1) is 0 Å². The van der Waals surface area contributed by atoms with E-state index in [9.17, 15) is 4.79 Å². The first-order valence-corrected chi connectivity index (χ1v) is 12.5. The van der Waals surface area contributed by atoms with Gasteiger partial charge in [-0.1, -0.05) is 36.0 Å². The Balaban J connectivity index is 1.55. The maximum absolute atomic E-state index is 11.8. The van der Waals surface area contributed by atoms with Crippen molar-refractivity contribution >= 4 is 46.4 Å². The quantitative estimate of drug-likeness (QED) is 0.291. The first-order valence-electron chi connectivity index (χ1n) is 11.3. The van der Waals surface area contributed by atoms with E-state index in [-0.39, 0.29) is 18.0 Å². The molecule has 0 aliphatic carbocycles. The molecule has 2 aromatic heterocycles. The highest BCUT2D eigenvalue weighted by Gasteiger charge is 2.42. The Morgan fingerprint density at radius 1 is 1.11 bits per heavy atom. The molecule has 0 radical (unpaired) electrons. The van der Waals surface area contributed by atoms with Crippen molar-refractivity contribution in [2.45, 2.75) is 29.0 Å². The highest BCUT2D eigenvalue weighted by atomic mass is 32.2. The number of carbonyl (C=O) groups excluding carboxylic acids is 1. The van der Waals surface area contributed by atoms with E-state index >= 15 is 0 Å². The molecule has 0 spiro atoms. The van der Waals surface area contributed by atoms with Crippen LogP contribution in [0.3, 0.4) is 0 Å². The molecule has 2 N–H and O–H groups in total. The Labute approximate surface area is 218 Å². The standard InChI is InChI=1S/C27H24N4O3S2/c1-17(32)29-21-16-18(11-12-22(21)33-2)31-26(25(30-27(31)35)20-10-6-7-15-28-20)23-13-14-24(34-23)36-19-8-4-3-5-9-19/h3-16,25-26H,1-2H3,(H,29,32)(H,30,35). The van der Waals surface area contributed by atoms with E-state index in [0.717, 1.165) is 27.1 Å². The SMILES string of the molecule is COc1ccc(N2C(=S)NC(c3ccccn3)C2c2ccc(Sc3ccccc3)o2)cc1NC(C)=O. The summed E-state index contributed by atoms with van der Waals surface area (Å²) in [4.78, 5) is 19.5. The number of hydrogen-bond donors (Lipinski definition) is 2. The number of carbonyl (C=O) groups is 1. The average molecular weight is 517 g/mol. The third kappa shape index (κ3) is 4.93. The van der Waals surface area contributed by atoms with Gasteiger partial charge in [0.2, 0.25) is 5.91 Å². The van der Waals surface area contributed by atoms with Crippen molar-refractivity contribution in [1.82, 2.24) is 10.3 Å². The summed E-state index contributed by atoms with van der Waals surface area (Å²) in [5, 5.41) is 7.57. The molecule has 0 saturated carbocycles. The molecule has 36 heavy (non-hydrogen) atoms. The van der Waals surface area contributed by atoms with E-state index in [0.29, 0.717) is 16.5 Å². The maximum atomic E-state index is 11.8. The summed E-state index contributed by atoms with van der Waals surface area (Å²) in [6, 6.07) is 24.9. The van der Waals surface area contributed by atoms with E-state index in [2.05, 4.69) is 15.6 Å². The van der Waals surface area contributed by atoms with Gasteiger partial charge in [0.25, 0.3) is 0 Å². The van der Waals surface area contributed by atoms with Crippen LogP contribution in [0.15, 0.2) is 99.5 Å². The molecule has 9 heteroatoms. The summed E-state index contributed by atoms with van der Waals surface area (Å²) in [5.74, 6) is 1.11.